The summed E-state index contributed by atoms with van der Waals surface area (Å²) in [4.78, 5) is 19.0. The van der Waals surface area contributed by atoms with E-state index in [0.717, 1.165) is 29.2 Å². The normalized spacial score (nSPS) is 17.9. The van der Waals surface area contributed by atoms with Crippen molar-refractivity contribution in [2.75, 3.05) is 4.90 Å². The van der Waals surface area contributed by atoms with Crippen molar-refractivity contribution in [3.8, 4) is 0 Å². The van der Waals surface area contributed by atoms with Crippen molar-refractivity contribution < 1.29 is 4.79 Å². The van der Waals surface area contributed by atoms with Gasteiger partial charge in [-0.15, -0.1) is 11.3 Å². The third-order valence-corrected chi connectivity index (χ3v) is 4.61. The largest absolute Gasteiger partial charge is 0.309 e. The van der Waals surface area contributed by atoms with Gasteiger partial charge < -0.3 is 4.90 Å². The van der Waals surface area contributed by atoms with Crippen LogP contribution in [0, 0.1) is 6.92 Å². The van der Waals surface area contributed by atoms with Gasteiger partial charge in [0, 0.05) is 17.1 Å². The Hall–Kier alpha value is -1.68. The number of nitrogens with zero attached hydrogens (tertiary/aromatic N) is 2. The lowest BCUT2D eigenvalue weighted by atomic mass is 9.96. The molecule has 0 fully saturated rings. The van der Waals surface area contributed by atoms with Crippen LogP contribution in [-0.2, 0) is 17.6 Å². The van der Waals surface area contributed by atoms with E-state index < -0.39 is 0 Å². The maximum Gasteiger partial charge on any atom is 0.233 e. The van der Waals surface area contributed by atoms with E-state index in [2.05, 4.69) is 24.0 Å². The number of aryl methyl sites for hydroxylation is 2. The molecule has 2 heterocycles. The Morgan fingerprint density at radius 3 is 3.00 bits per heavy atom. The third kappa shape index (κ3) is 2.48. The summed E-state index contributed by atoms with van der Waals surface area (Å²) >= 11 is 1.60. The van der Waals surface area contributed by atoms with Gasteiger partial charge in [-0.25, -0.2) is 4.98 Å². The van der Waals surface area contributed by atoms with E-state index in [1.807, 2.05) is 29.3 Å². The summed E-state index contributed by atoms with van der Waals surface area (Å²) in [6.07, 6.45) is 2.47. The summed E-state index contributed by atoms with van der Waals surface area (Å²) in [6.45, 7) is 4.09. The number of amides is 1. The quantitative estimate of drug-likeness (QED) is 0.848. The van der Waals surface area contributed by atoms with Crippen LogP contribution in [0.5, 0.6) is 0 Å². The van der Waals surface area contributed by atoms with Gasteiger partial charge in [-0.05, 0) is 38.3 Å². The molecule has 0 saturated heterocycles. The van der Waals surface area contributed by atoms with E-state index in [1.165, 1.54) is 5.56 Å². The molecule has 20 heavy (non-hydrogen) atoms. The molecule has 0 bridgehead atoms. The highest BCUT2D eigenvalue weighted by molar-refractivity contribution is 7.09. The molecule has 0 spiro atoms. The number of thiazole rings is 1. The van der Waals surface area contributed by atoms with Gasteiger partial charge >= 0.3 is 0 Å². The molecule has 1 amide bonds. The number of anilines is 1. The maximum absolute atomic E-state index is 12.6. The highest BCUT2D eigenvalue weighted by Gasteiger charge is 2.28. The fourth-order valence-corrected chi connectivity index (χ4v) is 3.41. The molecule has 4 heteroatoms. The number of para-hydroxylation sites is 1. The monoisotopic (exact) mass is 286 g/mol. The van der Waals surface area contributed by atoms with Crippen molar-refractivity contribution in [1.29, 1.82) is 0 Å². The average molecular weight is 286 g/mol. The lowest BCUT2D eigenvalue weighted by Gasteiger charge is -2.35. The van der Waals surface area contributed by atoms with Crippen molar-refractivity contribution in [3.63, 3.8) is 0 Å². The topological polar surface area (TPSA) is 33.2 Å². The minimum Gasteiger partial charge on any atom is -0.309 e. The highest BCUT2D eigenvalue weighted by Crippen LogP contribution is 2.31. The molecular formula is C16H18N2OS. The van der Waals surface area contributed by atoms with Crippen LogP contribution in [0.4, 0.5) is 5.69 Å². The molecule has 0 radical (unpaired) electrons. The molecule has 2 aromatic rings. The highest BCUT2D eigenvalue weighted by atomic mass is 32.1. The summed E-state index contributed by atoms with van der Waals surface area (Å²) in [5, 5.41) is 2.99. The molecule has 0 N–H and O–H groups in total. The van der Waals surface area contributed by atoms with E-state index in [-0.39, 0.29) is 11.9 Å². The van der Waals surface area contributed by atoms with E-state index in [0.29, 0.717) is 6.42 Å². The van der Waals surface area contributed by atoms with Crippen LogP contribution in [0.15, 0.2) is 29.6 Å². The average Bonchev–Trinajstić information content (AvgIpc) is 2.83. The van der Waals surface area contributed by atoms with E-state index in [4.69, 9.17) is 0 Å². The Kier molecular flexibility index (Phi) is 3.57. The third-order valence-electron chi connectivity index (χ3n) is 3.79. The van der Waals surface area contributed by atoms with Gasteiger partial charge in [0.2, 0.25) is 5.91 Å². The zero-order chi connectivity index (χ0) is 14.1. The van der Waals surface area contributed by atoms with Gasteiger partial charge in [0.15, 0.2) is 0 Å². The predicted molar refractivity (Wildman–Crippen MR) is 82.3 cm³/mol. The first kappa shape index (κ1) is 13.3. The first-order valence-corrected chi connectivity index (χ1v) is 7.84. The molecule has 1 unspecified atom stereocenters. The Morgan fingerprint density at radius 1 is 1.45 bits per heavy atom. The van der Waals surface area contributed by atoms with Gasteiger partial charge in [-0.2, -0.15) is 0 Å². The fourth-order valence-electron chi connectivity index (χ4n) is 2.80. The minimum atomic E-state index is 0.148. The number of benzene rings is 1. The van der Waals surface area contributed by atoms with Crippen molar-refractivity contribution in [1.82, 2.24) is 4.98 Å². The second kappa shape index (κ2) is 5.37. The standard InChI is InChI=1S/C16H18N2OS/c1-11-7-8-13-5-3-4-6-15(13)18(11)16(19)9-14-10-20-12(2)17-14/h3-6,10-11H,7-9H2,1-2H3. The number of carbonyl (C=O) groups excluding carboxylic acids is 1. The molecule has 3 rings (SSSR count). The molecule has 0 saturated carbocycles. The maximum atomic E-state index is 12.6. The summed E-state index contributed by atoms with van der Waals surface area (Å²) in [7, 11) is 0. The fraction of sp³-hybridized carbons (Fsp3) is 0.375. The molecule has 1 aromatic heterocycles. The number of rotatable bonds is 2. The van der Waals surface area contributed by atoms with Crippen LogP contribution in [-0.4, -0.2) is 16.9 Å². The Bertz CT molecular complexity index is 635. The second-order valence-corrected chi connectivity index (χ2v) is 6.38. The summed E-state index contributed by atoms with van der Waals surface area (Å²) < 4.78 is 0. The zero-order valence-corrected chi connectivity index (χ0v) is 12.6. The van der Waals surface area contributed by atoms with Gasteiger partial charge in [0.1, 0.15) is 0 Å². The molecule has 3 nitrogen and oxygen atoms in total. The lowest BCUT2D eigenvalue weighted by Crippen LogP contribution is -2.43. The Labute approximate surface area is 123 Å². The van der Waals surface area contributed by atoms with Gasteiger partial charge in [0.25, 0.3) is 0 Å². The number of fused-ring (bicyclic) bond motifs is 1. The number of carbonyl (C=O) groups is 1. The number of hydrogen-bond donors (Lipinski definition) is 0. The SMILES string of the molecule is Cc1nc(CC(=O)N2c3ccccc3CCC2C)cs1. The molecule has 1 atom stereocenters. The van der Waals surface area contributed by atoms with E-state index in [1.54, 1.807) is 11.3 Å². The first-order chi connectivity index (χ1) is 9.65. The summed E-state index contributed by atoms with van der Waals surface area (Å²) in [5.74, 6) is 0.148. The number of hydrogen-bond acceptors (Lipinski definition) is 3. The minimum absolute atomic E-state index is 0.148. The Balaban J connectivity index is 1.87. The first-order valence-electron chi connectivity index (χ1n) is 6.96. The summed E-state index contributed by atoms with van der Waals surface area (Å²) in [6, 6.07) is 8.48. The molecular weight excluding hydrogens is 268 g/mol. The van der Waals surface area contributed by atoms with Gasteiger partial charge in [-0.3, -0.25) is 4.79 Å². The molecule has 1 aromatic carbocycles. The molecule has 104 valence electrons. The smallest absolute Gasteiger partial charge is 0.233 e. The van der Waals surface area contributed by atoms with Crippen LogP contribution >= 0.6 is 11.3 Å². The predicted octanol–water partition coefficient (Wildman–Crippen LogP) is 3.36. The van der Waals surface area contributed by atoms with Crippen LogP contribution in [0.3, 0.4) is 0 Å². The van der Waals surface area contributed by atoms with Crippen molar-refractivity contribution in [3.05, 3.63) is 45.9 Å². The van der Waals surface area contributed by atoms with Crippen molar-refractivity contribution >= 4 is 22.9 Å². The van der Waals surface area contributed by atoms with Crippen LogP contribution in [0.1, 0.15) is 29.6 Å². The van der Waals surface area contributed by atoms with Crippen LogP contribution < -0.4 is 4.90 Å². The van der Waals surface area contributed by atoms with Crippen molar-refractivity contribution in [2.45, 2.75) is 39.2 Å². The summed E-state index contributed by atoms with van der Waals surface area (Å²) in [5.41, 5.74) is 3.23. The van der Waals surface area contributed by atoms with E-state index >= 15 is 0 Å². The van der Waals surface area contributed by atoms with E-state index in [9.17, 15) is 4.79 Å². The molecule has 1 aliphatic heterocycles. The van der Waals surface area contributed by atoms with Gasteiger partial charge in [-0.1, -0.05) is 18.2 Å². The lowest BCUT2D eigenvalue weighted by molar-refractivity contribution is -0.118. The zero-order valence-electron chi connectivity index (χ0n) is 11.8. The Morgan fingerprint density at radius 2 is 2.25 bits per heavy atom. The second-order valence-electron chi connectivity index (χ2n) is 5.31. The molecule has 0 aliphatic carbocycles. The van der Waals surface area contributed by atoms with Gasteiger partial charge in [0.05, 0.1) is 17.1 Å². The number of aromatic nitrogens is 1. The van der Waals surface area contributed by atoms with Crippen LogP contribution in [0.25, 0.3) is 0 Å². The molecule has 1 aliphatic rings. The van der Waals surface area contributed by atoms with Crippen LogP contribution in [0.2, 0.25) is 0 Å². The van der Waals surface area contributed by atoms with Crippen molar-refractivity contribution in [2.24, 2.45) is 0 Å².